The van der Waals surface area contributed by atoms with Gasteiger partial charge in [-0.25, -0.2) is 4.79 Å². The van der Waals surface area contributed by atoms with Crippen molar-refractivity contribution in [3.8, 4) is 21.6 Å². The van der Waals surface area contributed by atoms with Gasteiger partial charge < -0.3 is 9.47 Å². The van der Waals surface area contributed by atoms with Gasteiger partial charge in [0.15, 0.2) is 5.13 Å². The molecule has 1 aliphatic carbocycles. The molecule has 1 aromatic heterocycles. The molecule has 3 aromatic carbocycles. The van der Waals surface area contributed by atoms with E-state index in [4.69, 9.17) is 9.47 Å². The van der Waals surface area contributed by atoms with E-state index in [-0.39, 0.29) is 5.97 Å². The lowest BCUT2D eigenvalue weighted by atomic mass is 9.89. The summed E-state index contributed by atoms with van der Waals surface area (Å²) in [6.07, 6.45) is 0.236. The first-order valence-corrected chi connectivity index (χ1v) is 13.8. The minimum atomic E-state index is -0.689. The zero-order chi connectivity index (χ0) is 27.6. The molecule has 1 atom stereocenters. The molecule has 1 heterocycles. The number of rotatable bonds is 8. The van der Waals surface area contributed by atoms with Crippen molar-refractivity contribution in [1.29, 1.82) is 0 Å². The Balaban J connectivity index is 1.51. The van der Waals surface area contributed by atoms with Gasteiger partial charge in [0.1, 0.15) is 6.10 Å². The topological polar surface area (TPSA) is 64.6 Å². The molecule has 1 saturated carbocycles. The van der Waals surface area contributed by atoms with Crippen LogP contribution in [-0.2, 0) is 19.7 Å². The predicted octanol–water partition coefficient (Wildman–Crippen LogP) is 8.43. The average molecular weight is 544 g/mol. The SMILES string of the molecule is CCOC(=O)C1(c2ccc(-c3ccccc3)c(-c3sc(F)cc3NC(=O)OC(C)c3ccccc3C)c2)CC1. The molecule has 0 saturated heterocycles. The summed E-state index contributed by atoms with van der Waals surface area (Å²) in [5.74, 6) is -0.243. The van der Waals surface area contributed by atoms with E-state index >= 15 is 0 Å². The molecule has 0 spiro atoms. The number of hydrogen-bond donors (Lipinski definition) is 1. The average Bonchev–Trinajstić information content (AvgIpc) is 3.67. The van der Waals surface area contributed by atoms with E-state index < -0.39 is 22.7 Å². The summed E-state index contributed by atoms with van der Waals surface area (Å²) < 4.78 is 25.8. The second kappa shape index (κ2) is 11.0. The smallest absolute Gasteiger partial charge is 0.412 e. The third-order valence-corrected chi connectivity index (χ3v) is 8.12. The van der Waals surface area contributed by atoms with Crippen LogP contribution in [0, 0.1) is 12.1 Å². The fraction of sp³-hybridized carbons (Fsp3) is 0.250. The Morgan fingerprint density at radius 1 is 1.00 bits per heavy atom. The summed E-state index contributed by atoms with van der Waals surface area (Å²) in [5.41, 5.74) is 4.90. The molecule has 0 bridgehead atoms. The highest BCUT2D eigenvalue weighted by Crippen LogP contribution is 2.52. The molecule has 0 radical (unpaired) electrons. The fourth-order valence-corrected chi connectivity index (χ4v) is 5.83. The number of carbonyl (C=O) groups is 2. The number of aryl methyl sites for hydroxylation is 1. The molecular formula is C32H30FNO4S. The second-order valence-electron chi connectivity index (χ2n) is 9.75. The molecule has 5 rings (SSSR count). The summed E-state index contributed by atoms with van der Waals surface area (Å²) in [7, 11) is 0. The van der Waals surface area contributed by atoms with E-state index in [1.807, 2.05) is 79.7 Å². The van der Waals surface area contributed by atoms with Crippen molar-refractivity contribution in [3.05, 3.63) is 101 Å². The van der Waals surface area contributed by atoms with Gasteiger partial charge in [-0.2, -0.15) is 4.39 Å². The minimum absolute atomic E-state index is 0.243. The van der Waals surface area contributed by atoms with Gasteiger partial charge in [-0.05, 0) is 67.5 Å². The van der Waals surface area contributed by atoms with Crippen molar-refractivity contribution in [2.24, 2.45) is 0 Å². The van der Waals surface area contributed by atoms with Crippen molar-refractivity contribution < 1.29 is 23.5 Å². The van der Waals surface area contributed by atoms with E-state index in [9.17, 15) is 14.0 Å². The van der Waals surface area contributed by atoms with Crippen molar-refractivity contribution in [1.82, 2.24) is 0 Å². The van der Waals surface area contributed by atoms with Crippen LogP contribution < -0.4 is 5.32 Å². The van der Waals surface area contributed by atoms with Gasteiger partial charge in [0.2, 0.25) is 0 Å². The normalized spacial score (nSPS) is 14.4. The number of hydrogen-bond acceptors (Lipinski definition) is 5. The predicted molar refractivity (Wildman–Crippen MR) is 152 cm³/mol. The van der Waals surface area contributed by atoms with Crippen LogP contribution in [0.25, 0.3) is 21.6 Å². The van der Waals surface area contributed by atoms with Crippen LogP contribution >= 0.6 is 11.3 Å². The first-order valence-electron chi connectivity index (χ1n) is 13.0. The Kier molecular flexibility index (Phi) is 7.53. The van der Waals surface area contributed by atoms with Crippen LogP contribution in [-0.4, -0.2) is 18.7 Å². The van der Waals surface area contributed by atoms with Gasteiger partial charge in [0.05, 0.1) is 22.6 Å². The van der Waals surface area contributed by atoms with E-state index in [1.54, 1.807) is 13.8 Å². The van der Waals surface area contributed by atoms with Crippen LogP contribution in [0.5, 0.6) is 0 Å². The van der Waals surface area contributed by atoms with Crippen molar-refractivity contribution in [2.75, 3.05) is 11.9 Å². The number of carbonyl (C=O) groups excluding carboxylic acids is 2. The molecule has 1 unspecified atom stereocenters. The number of nitrogens with one attached hydrogen (secondary N) is 1. The van der Waals surface area contributed by atoms with Crippen molar-refractivity contribution in [2.45, 2.75) is 45.1 Å². The molecule has 1 amide bonds. The maximum absolute atomic E-state index is 14.8. The Hall–Kier alpha value is -3.97. The third kappa shape index (κ3) is 5.45. The van der Waals surface area contributed by atoms with Crippen LogP contribution in [0.4, 0.5) is 14.9 Å². The molecule has 7 heteroatoms. The molecule has 0 aliphatic heterocycles. The lowest BCUT2D eigenvalue weighted by Gasteiger charge is -2.19. The van der Waals surface area contributed by atoms with Gasteiger partial charge in [-0.15, -0.1) is 11.3 Å². The number of amides is 1. The Morgan fingerprint density at radius 3 is 2.41 bits per heavy atom. The van der Waals surface area contributed by atoms with Crippen LogP contribution in [0.3, 0.4) is 0 Å². The zero-order valence-corrected chi connectivity index (χ0v) is 22.9. The molecular weight excluding hydrogens is 513 g/mol. The van der Waals surface area contributed by atoms with E-state index in [0.717, 1.165) is 44.7 Å². The van der Waals surface area contributed by atoms with E-state index in [0.29, 0.717) is 30.0 Å². The Labute approximate surface area is 231 Å². The minimum Gasteiger partial charge on any atom is -0.465 e. The first kappa shape index (κ1) is 26.6. The van der Waals surface area contributed by atoms with Crippen molar-refractivity contribution in [3.63, 3.8) is 0 Å². The highest BCUT2D eigenvalue weighted by Gasteiger charge is 2.53. The highest BCUT2D eigenvalue weighted by atomic mass is 32.1. The number of halogens is 1. The fourth-order valence-electron chi connectivity index (χ4n) is 4.96. The van der Waals surface area contributed by atoms with Gasteiger partial charge in [-0.3, -0.25) is 10.1 Å². The van der Waals surface area contributed by atoms with Crippen LogP contribution in [0.2, 0.25) is 0 Å². The summed E-state index contributed by atoms with van der Waals surface area (Å²) in [6.45, 7) is 5.87. The van der Waals surface area contributed by atoms with Crippen LogP contribution in [0.15, 0.2) is 78.9 Å². The first-order chi connectivity index (χ1) is 18.8. The Bertz CT molecular complexity index is 1510. The van der Waals surface area contributed by atoms with Crippen molar-refractivity contribution >= 4 is 29.1 Å². The number of ether oxygens (including phenoxy) is 2. The number of anilines is 1. The highest BCUT2D eigenvalue weighted by molar-refractivity contribution is 7.14. The van der Waals surface area contributed by atoms with Crippen LogP contribution in [0.1, 0.15) is 49.5 Å². The molecule has 4 aromatic rings. The van der Waals surface area contributed by atoms with Gasteiger partial charge in [-0.1, -0.05) is 66.7 Å². The molecule has 5 nitrogen and oxygen atoms in total. The monoisotopic (exact) mass is 543 g/mol. The third-order valence-electron chi connectivity index (χ3n) is 7.17. The van der Waals surface area contributed by atoms with Gasteiger partial charge in [0.25, 0.3) is 0 Å². The molecule has 1 N–H and O–H groups in total. The maximum Gasteiger partial charge on any atom is 0.412 e. The molecule has 1 fully saturated rings. The summed E-state index contributed by atoms with van der Waals surface area (Å²) >= 11 is 0.941. The standard InChI is InChI=1S/C32H30FNO4S/c1-4-37-30(35)32(16-17-32)23-14-15-25(22-11-6-5-7-12-22)26(18-23)29-27(19-28(33)39-29)34-31(36)38-21(3)24-13-9-8-10-20(24)2/h5-15,18-19,21H,4,16-17H2,1-3H3,(H,34,36). The lowest BCUT2D eigenvalue weighted by molar-refractivity contribution is -0.146. The Morgan fingerprint density at radius 2 is 1.72 bits per heavy atom. The maximum atomic E-state index is 14.8. The molecule has 39 heavy (non-hydrogen) atoms. The molecule has 200 valence electrons. The van der Waals surface area contributed by atoms with Gasteiger partial charge in [0, 0.05) is 11.6 Å². The number of thiophene rings is 1. The van der Waals surface area contributed by atoms with E-state index in [1.165, 1.54) is 6.07 Å². The summed E-state index contributed by atoms with van der Waals surface area (Å²) in [6, 6.07) is 24.6. The summed E-state index contributed by atoms with van der Waals surface area (Å²) in [5, 5.41) is 2.32. The van der Waals surface area contributed by atoms with E-state index in [2.05, 4.69) is 5.32 Å². The summed E-state index contributed by atoms with van der Waals surface area (Å²) in [4.78, 5) is 26.3. The quantitative estimate of drug-likeness (QED) is 0.227. The zero-order valence-electron chi connectivity index (χ0n) is 22.1. The molecule has 1 aliphatic rings. The lowest BCUT2D eigenvalue weighted by Crippen LogP contribution is -2.23. The number of benzene rings is 3. The largest absolute Gasteiger partial charge is 0.465 e. The number of esters is 1. The second-order valence-corrected chi connectivity index (χ2v) is 10.8. The van der Waals surface area contributed by atoms with Gasteiger partial charge >= 0.3 is 12.1 Å².